The molecule has 0 bridgehead atoms. The van der Waals surface area contributed by atoms with Crippen molar-refractivity contribution in [3.05, 3.63) is 46.0 Å². The molecule has 0 aliphatic rings. The maximum atomic E-state index is 10.8. The second-order valence-electron chi connectivity index (χ2n) is 4.06. The Balaban J connectivity index is 1.91. The van der Waals surface area contributed by atoms with Gasteiger partial charge in [-0.15, -0.1) is 0 Å². The van der Waals surface area contributed by atoms with Crippen LogP contribution in [-0.4, -0.2) is 26.6 Å². The lowest BCUT2D eigenvalue weighted by Crippen LogP contribution is -2.04. The Kier molecular flexibility index (Phi) is 4.24. The summed E-state index contributed by atoms with van der Waals surface area (Å²) in [5, 5.41) is 29.2. The minimum Gasteiger partial charge on any atom is -0.385 e. The Morgan fingerprint density at radius 3 is 3.00 bits per heavy atom. The number of aromatic nitrogens is 3. The van der Waals surface area contributed by atoms with Crippen LogP contribution in [0.3, 0.4) is 0 Å². The molecule has 0 amide bonds. The summed E-state index contributed by atoms with van der Waals surface area (Å²) < 4.78 is 0. The maximum absolute atomic E-state index is 10.8. The van der Waals surface area contributed by atoms with Gasteiger partial charge in [0, 0.05) is 24.7 Å². The van der Waals surface area contributed by atoms with E-state index < -0.39 is 4.92 Å². The molecule has 20 heavy (non-hydrogen) atoms. The molecule has 0 atom stereocenters. The number of nitriles is 1. The first-order valence-corrected chi connectivity index (χ1v) is 5.97. The third-order valence-corrected chi connectivity index (χ3v) is 2.70. The molecule has 8 nitrogen and oxygen atoms in total. The third kappa shape index (κ3) is 3.29. The van der Waals surface area contributed by atoms with Gasteiger partial charge in [-0.25, -0.2) is 4.98 Å². The van der Waals surface area contributed by atoms with Crippen molar-refractivity contribution < 1.29 is 4.92 Å². The molecule has 1 aromatic heterocycles. The second-order valence-corrected chi connectivity index (χ2v) is 4.06. The van der Waals surface area contributed by atoms with Crippen molar-refractivity contribution in [1.29, 1.82) is 5.26 Å². The summed E-state index contributed by atoms with van der Waals surface area (Å²) in [6.45, 7) is 0.643. The molecule has 0 unspecified atom stereocenters. The van der Waals surface area contributed by atoms with Gasteiger partial charge in [0.1, 0.15) is 23.8 Å². The first-order valence-electron chi connectivity index (χ1n) is 5.97. The van der Waals surface area contributed by atoms with Crippen molar-refractivity contribution in [2.75, 3.05) is 11.9 Å². The molecule has 2 N–H and O–H groups in total. The number of nitro benzene ring substituents is 1. The quantitative estimate of drug-likeness (QED) is 0.468. The summed E-state index contributed by atoms with van der Waals surface area (Å²) in [7, 11) is 0. The number of hydrogen-bond donors (Lipinski definition) is 2. The summed E-state index contributed by atoms with van der Waals surface area (Å²) in [6.07, 6.45) is 3.00. The van der Waals surface area contributed by atoms with Crippen LogP contribution in [0, 0.1) is 21.4 Å². The fraction of sp³-hybridized carbons (Fsp3) is 0.250. The van der Waals surface area contributed by atoms with Crippen LogP contribution in [0.15, 0.2) is 24.5 Å². The fourth-order valence-corrected chi connectivity index (χ4v) is 1.73. The van der Waals surface area contributed by atoms with Gasteiger partial charge in [-0.1, -0.05) is 0 Å². The molecule has 2 rings (SSSR count). The van der Waals surface area contributed by atoms with E-state index in [1.807, 2.05) is 0 Å². The van der Waals surface area contributed by atoms with Gasteiger partial charge in [-0.05, 0) is 18.6 Å². The summed E-state index contributed by atoms with van der Waals surface area (Å²) in [4.78, 5) is 14.3. The van der Waals surface area contributed by atoms with E-state index in [1.54, 1.807) is 12.1 Å². The van der Waals surface area contributed by atoms with Crippen molar-refractivity contribution in [2.24, 2.45) is 0 Å². The van der Waals surface area contributed by atoms with Crippen LogP contribution in [0.1, 0.15) is 17.8 Å². The van der Waals surface area contributed by atoms with E-state index in [0.717, 1.165) is 18.7 Å². The van der Waals surface area contributed by atoms with Crippen molar-refractivity contribution in [3.8, 4) is 6.07 Å². The predicted molar refractivity (Wildman–Crippen MR) is 71.0 cm³/mol. The molecule has 1 heterocycles. The Labute approximate surface area is 114 Å². The number of nitrogens with zero attached hydrogens (tertiary/aromatic N) is 4. The Morgan fingerprint density at radius 1 is 1.50 bits per heavy atom. The molecule has 0 saturated heterocycles. The van der Waals surface area contributed by atoms with E-state index >= 15 is 0 Å². The molecule has 0 spiro atoms. The van der Waals surface area contributed by atoms with Crippen LogP contribution in [-0.2, 0) is 6.42 Å². The van der Waals surface area contributed by atoms with Crippen molar-refractivity contribution in [3.63, 3.8) is 0 Å². The zero-order valence-corrected chi connectivity index (χ0v) is 10.5. The zero-order valence-electron chi connectivity index (χ0n) is 10.5. The number of nitro groups is 1. The highest BCUT2D eigenvalue weighted by atomic mass is 16.6. The summed E-state index contributed by atoms with van der Waals surface area (Å²) >= 11 is 0. The van der Waals surface area contributed by atoms with Crippen LogP contribution in [0.5, 0.6) is 0 Å². The van der Waals surface area contributed by atoms with Crippen LogP contribution >= 0.6 is 0 Å². The molecule has 0 radical (unpaired) electrons. The van der Waals surface area contributed by atoms with Crippen LogP contribution in [0.25, 0.3) is 0 Å². The Morgan fingerprint density at radius 2 is 2.35 bits per heavy atom. The molecule has 102 valence electrons. The third-order valence-electron chi connectivity index (χ3n) is 2.70. The lowest BCUT2D eigenvalue weighted by molar-refractivity contribution is -0.385. The zero-order chi connectivity index (χ0) is 14.4. The van der Waals surface area contributed by atoms with Gasteiger partial charge in [-0.3, -0.25) is 15.2 Å². The van der Waals surface area contributed by atoms with E-state index in [-0.39, 0.29) is 11.3 Å². The molecule has 0 saturated carbocycles. The number of rotatable bonds is 6. The van der Waals surface area contributed by atoms with Crippen molar-refractivity contribution >= 4 is 11.4 Å². The van der Waals surface area contributed by atoms with Gasteiger partial charge in [0.2, 0.25) is 0 Å². The average Bonchev–Trinajstić information content (AvgIpc) is 2.96. The number of nitrogens with one attached hydrogen (secondary N) is 2. The number of aryl methyl sites for hydroxylation is 1. The molecular weight excluding hydrogens is 260 g/mol. The van der Waals surface area contributed by atoms with Crippen LogP contribution < -0.4 is 5.32 Å². The van der Waals surface area contributed by atoms with Gasteiger partial charge in [0.15, 0.2) is 0 Å². The van der Waals surface area contributed by atoms with E-state index in [0.29, 0.717) is 12.2 Å². The highest BCUT2D eigenvalue weighted by Gasteiger charge is 2.13. The summed E-state index contributed by atoms with van der Waals surface area (Å²) in [5.74, 6) is 0.803. The van der Waals surface area contributed by atoms with E-state index in [1.165, 1.54) is 18.5 Å². The molecule has 0 aliphatic carbocycles. The number of anilines is 1. The molecule has 1 aromatic carbocycles. The van der Waals surface area contributed by atoms with Gasteiger partial charge in [-0.2, -0.15) is 10.4 Å². The maximum Gasteiger partial charge on any atom is 0.289 e. The smallest absolute Gasteiger partial charge is 0.289 e. The first kappa shape index (κ1) is 13.5. The normalized spacial score (nSPS) is 9.95. The standard InChI is InChI=1S/C12H12N6O2/c13-7-9-3-4-10(6-11(9)18(19)20)14-5-1-2-12-15-8-16-17-12/h3-4,6,8,14H,1-2,5H2,(H,15,16,17). The van der Waals surface area contributed by atoms with Gasteiger partial charge in [0.05, 0.1) is 4.92 Å². The summed E-state index contributed by atoms with van der Waals surface area (Å²) in [6, 6.07) is 6.26. The molecule has 8 heteroatoms. The monoisotopic (exact) mass is 272 g/mol. The predicted octanol–water partition coefficient (Wildman–Crippen LogP) is 1.63. The minimum absolute atomic E-state index is 0.0576. The molecule has 2 aromatic rings. The van der Waals surface area contributed by atoms with Gasteiger partial charge >= 0.3 is 0 Å². The second kappa shape index (κ2) is 6.29. The SMILES string of the molecule is N#Cc1ccc(NCCCc2ncn[nH]2)cc1[N+](=O)[O-]. The number of H-pyrrole nitrogens is 1. The Bertz CT molecular complexity index is 632. The molecular formula is C12H12N6O2. The Hall–Kier alpha value is -2.95. The number of hydrogen-bond acceptors (Lipinski definition) is 6. The number of benzene rings is 1. The van der Waals surface area contributed by atoms with E-state index in [4.69, 9.17) is 5.26 Å². The van der Waals surface area contributed by atoms with Crippen LogP contribution in [0.4, 0.5) is 11.4 Å². The lowest BCUT2D eigenvalue weighted by Gasteiger charge is -2.05. The fourth-order valence-electron chi connectivity index (χ4n) is 1.73. The minimum atomic E-state index is -0.557. The van der Waals surface area contributed by atoms with Gasteiger partial charge in [0.25, 0.3) is 5.69 Å². The summed E-state index contributed by atoms with van der Waals surface area (Å²) in [5.41, 5.74) is 0.489. The largest absolute Gasteiger partial charge is 0.385 e. The highest BCUT2D eigenvalue weighted by Crippen LogP contribution is 2.22. The lowest BCUT2D eigenvalue weighted by atomic mass is 10.1. The first-order chi connectivity index (χ1) is 9.70. The van der Waals surface area contributed by atoms with E-state index in [9.17, 15) is 10.1 Å². The topological polar surface area (TPSA) is 121 Å². The van der Waals surface area contributed by atoms with Crippen LogP contribution in [0.2, 0.25) is 0 Å². The highest BCUT2D eigenvalue weighted by molar-refractivity contribution is 5.59. The van der Waals surface area contributed by atoms with Gasteiger partial charge < -0.3 is 5.32 Å². The van der Waals surface area contributed by atoms with Crippen molar-refractivity contribution in [2.45, 2.75) is 12.8 Å². The number of aromatic amines is 1. The average molecular weight is 272 g/mol. The molecule has 0 aliphatic heterocycles. The molecule has 0 fully saturated rings. The van der Waals surface area contributed by atoms with E-state index in [2.05, 4.69) is 20.5 Å². The van der Waals surface area contributed by atoms with Crippen molar-refractivity contribution in [1.82, 2.24) is 15.2 Å².